The second kappa shape index (κ2) is 11.4. The summed E-state index contributed by atoms with van der Waals surface area (Å²) < 4.78 is 17.2. The number of likely N-dealkylation sites (N-methyl/N-ethyl adjacent to an activating group) is 1. The highest BCUT2D eigenvalue weighted by molar-refractivity contribution is 6.01. The lowest BCUT2D eigenvalue weighted by molar-refractivity contribution is 0.0815. The van der Waals surface area contributed by atoms with Gasteiger partial charge in [-0.15, -0.1) is 0 Å². The molecule has 4 N–H and O–H groups in total. The molecule has 1 aliphatic carbocycles. The number of urea groups is 1. The Hall–Kier alpha value is -4.09. The monoisotopic (exact) mass is 557 g/mol. The number of halogens is 1. The summed E-state index contributed by atoms with van der Waals surface area (Å²) in [6.45, 7) is 6.41. The molecule has 2 amide bonds. The number of hydrogen-bond donors (Lipinski definition) is 3. The molecule has 2 aromatic carbocycles. The van der Waals surface area contributed by atoms with Crippen molar-refractivity contribution in [1.29, 1.82) is 0 Å². The number of nitrogen functional groups attached to an aromatic ring is 1. The van der Waals surface area contributed by atoms with Gasteiger partial charge in [0.2, 0.25) is 0 Å². The van der Waals surface area contributed by atoms with Crippen LogP contribution in [0.1, 0.15) is 37.3 Å². The van der Waals surface area contributed by atoms with Crippen molar-refractivity contribution in [2.75, 3.05) is 49.6 Å². The molecule has 0 bridgehead atoms. The van der Waals surface area contributed by atoms with Crippen LogP contribution in [0.5, 0.6) is 0 Å². The summed E-state index contributed by atoms with van der Waals surface area (Å²) in [4.78, 5) is 26.2. The van der Waals surface area contributed by atoms with Crippen LogP contribution in [0.3, 0.4) is 0 Å². The molecule has 0 atom stereocenters. The third-order valence-corrected chi connectivity index (χ3v) is 8.35. The number of benzene rings is 2. The molecule has 3 heterocycles. The van der Waals surface area contributed by atoms with Crippen molar-refractivity contribution >= 4 is 34.3 Å². The SMILES string of the molecule is Cc1cccc(NC(=O)Nc2ccc(-c3nn(C4CCC(N5CCN(C)CC5)CC4)c4ncnc(N)c34)cc2F)c1. The standard InChI is InChI=1S/C30H36FN9O/c1-19-4-3-5-21(16-19)35-30(41)36-25-11-6-20(17-24(25)31)27-26-28(32)33-18-34-29(26)40(37-27)23-9-7-22(8-10-23)39-14-12-38(2)13-15-39/h3-6,11,16-18,22-23H,7-10,12-15H2,1-2H3,(H2,32,33,34)(H2,35,36,41). The van der Waals surface area contributed by atoms with Gasteiger partial charge >= 0.3 is 6.03 Å². The first kappa shape index (κ1) is 27.1. The zero-order chi connectivity index (χ0) is 28.5. The van der Waals surface area contributed by atoms with Gasteiger partial charge in [-0.1, -0.05) is 18.2 Å². The number of hydrogen-bond acceptors (Lipinski definition) is 7. The zero-order valence-electron chi connectivity index (χ0n) is 23.5. The molecular formula is C30H36FN9O. The van der Waals surface area contributed by atoms with E-state index in [2.05, 4.69) is 37.4 Å². The van der Waals surface area contributed by atoms with Crippen LogP contribution in [0.25, 0.3) is 22.3 Å². The minimum Gasteiger partial charge on any atom is -0.383 e. The molecule has 1 saturated heterocycles. The lowest BCUT2D eigenvalue weighted by Gasteiger charge is -2.41. The second-order valence-corrected chi connectivity index (χ2v) is 11.2. The third kappa shape index (κ3) is 5.73. The van der Waals surface area contributed by atoms with Gasteiger partial charge in [-0.2, -0.15) is 5.10 Å². The molecule has 41 heavy (non-hydrogen) atoms. The first-order chi connectivity index (χ1) is 19.9. The topological polar surface area (TPSA) is 117 Å². The van der Waals surface area contributed by atoms with Gasteiger partial charge in [0.15, 0.2) is 5.65 Å². The van der Waals surface area contributed by atoms with Gasteiger partial charge in [0.1, 0.15) is 23.7 Å². The van der Waals surface area contributed by atoms with Crippen molar-refractivity contribution in [2.24, 2.45) is 0 Å². The smallest absolute Gasteiger partial charge is 0.323 e. The molecule has 0 radical (unpaired) electrons. The van der Waals surface area contributed by atoms with E-state index in [1.165, 1.54) is 18.5 Å². The molecule has 0 unspecified atom stereocenters. The first-order valence-corrected chi connectivity index (χ1v) is 14.2. The van der Waals surface area contributed by atoms with Gasteiger partial charge in [0, 0.05) is 43.5 Å². The van der Waals surface area contributed by atoms with Gasteiger partial charge in [-0.05, 0) is 69.5 Å². The van der Waals surface area contributed by atoms with Crippen molar-refractivity contribution in [3.8, 4) is 11.3 Å². The minimum atomic E-state index is -0.576. The molecular weight excluding hydrogens is 521 g/mol. The van der Waals surface area contributed by atoms with Crippen LogP contribution in [-0.4, -0.2) is 74.8 Å². The summed E-state index contributed by atoms with van der Waals surface area (Å²) in [6.07, 6.45) is 5.64. The van der Waals surface area contributed by atoms with E-state index in [9.17, 15) is 4.79 Å². The average molecular weight is 558 g/mol. The molecule has 4 aromatic rings. The summed E-state index contributed by atoms with van der Waals surface area (Å²) in [6, 6.07) is 12.3. The number of rotatable bonds is 5. The predicted molar refractivity (Wildman–Crippen MR) is 159 cm³/mol. The van der Waals surface area contributed by atoms with E-state index in [4.69, 9.17) is 10.8 Å². The summed E-state index contributed by atoms with van der Waals surface area (Å²) >= 11 is 0. The molecule has 1 saturated carbocycles. The largest absolute Gasteiger partial charge is 0.383 e. The average Bonchev–Trinajstić information content (AvgIpc) is 3.36. The maximum Gasteiger partial charge on any atom is 0.323 e. The number of carbonyl (C=O) groups is 1. The number of carbonyl (C=O) groups excluding carboxylic acids is 1. The van der Waals surface area contributed by atoms with Crippen molar-refractivity contribution in [3.63, 3.8) is 0 Å². The number of nitrogens with two attached hydrogens (primary N) is 1. The van der Waals surface area contributed by atoms with Gasteiger partial charge in [-0.25, -0.2) is 23.8 Å². The van der Waals surface area contributed by atoms with Gasteiger partial charge in [0.25, 0.3) is 0 Å². The Morgan fingerprint density at radius 3 is 2.46 bits per heavy atom. The molecule has 1 aliphatic heterocycles. The Balaban J connectivity index is 1.21. The summed E-state index contributed by atoms with van der Waals surface area (Å²) in [5.74, 6) is -0.268. The lowest BCUT2D eigenvalue weighted by Crippen LogP contribution is -2.49. The Kier molecular flexibility index (Phi) is 7.55. The summed E-state index contributed by atoms with van der Waals surface area (Å²) in [5.41, 5.74) is 9.76. The van der Waals surface area contributed by atoms with E-state index in [1.54, 1.807) is 12.1 Å². The molecule has 2 fully saturated rings. The molecule has 2 aliphatic rings. The highest BCUT2D eigenvalue weighted by Gasteiger charge is 2.30. The molecule has 214 valence electrons. The van der Waals surface area contributed by atoms with Gasteiger partial charge < -0.3 is 21.3 Å². The van der Waals surface area contributed by atoms with E-state index < -0.39 is 11.8 Å². The minimum absolute atomic E-state index is 0.0640. The number of aryl methyl sites for hydroxylation is 1. The van der Waals surface area contributed by atoms with Crippen molar-refractivity contribution in [2.45, 2.75) is 44.7 Å². The summed E-state index contributed by atoms with van der Waals surface area (Å²) in [5, 5.41) is 10.9. The number of fused-ring (bicyclic) bond motifs is 1. The Bertz CT molecular complexity index is 1560. The van der Waals surface area contributed by atoms with Crippen molar-refractivity contribution < 1.29 is 9.18 Å². The van der Waals surface area contributed by atoms with Gasteiger partial charge in [-0.3, -0.25) is 4.90 Å². The molecule has 11 heteroatoms. The third-order valence-electron chi connectivity index (χ3n) is 8.35. The Labute approximate surface area is 238 Å². The zero-order valence-corrected chi connectivity index (χ0v) is 23.5. The molecule has 0 spiro atoms. The Morgan fingerprint density at radius 1 is 0.976 bits per heavy atom. The lowest BCUT2D eigenvalue weighted by atomic mass is 9.90. The first-order valence-electron chi connectivity index (χ1n) is 14.2. The van der Waals surface area contributed by atoms with E-state index in [0.717, 1.165) is 57.4 Å². The Morgan fingerprint density at radius 2 is 1.73 bits per heavy atom. The second-order valence-electron chi connectivity index (χ2n) is 11.2. The van der Waals surface area contributed by atoms with Crippen molar-refractivity contribution in [1.82, 2.24) is 29.5 Å². The maximum absolute atomic E-state index is 15.3. The van der Waals surface area contributed by atoms with Crippen molar-refractivity contribution in [3.05, 3.63) is 60.2 Å². The summed E-state index contributed by atoms with van der Waals surface area (Å²) in [7, 11) is 2.18. The van der Waals surface area contributed by atoms with E-state index in [1.807, 2.05) is 29.8 Å². The number of nitrogens with one attached hydrogen (secondary N) is 2. The highest BCUT2D eigenvalue weighted by Crippen LogP contribution is 2.37. The fraction of sp³-hybridized carbons (Fsp3) is 0.400. The van der Waals surface area contributed by atoms with Crippen LogP contribution in [0, 0.1) is 12.7 Å². The van der Waals surface area contributed by atoms with Crippen LogP contribution in [-0.2, 0) is 0 Å². The van der Waals surface area contributed by atoms with Crippen LogP contribution in [0.15, 0.2) is 48.8 Å². The fourth-order valence-electron chi connectivity index (χ4n) is 6.08. The number of piperazine rings is 1. The highest BCUT2D eigenvalue weighted by atomic mass is 19.1. The quantitative estimate of drug-likeness (QED) is 0.320. The number of aromatic nitrogens is 4. The van der Waals surface area contributed by atoms with Crippen LogP contribution in [0.2, 0.25) is 0 Å². The van der Waals surface area contributed by atoms with Gasteiger partial charge in [0.05, 0.1) is 17.1 Å². The van der Waals surface area contributed by atoms with Crippen LogP contribution >= 0.6 is 0 Å². The van der Waals surface area contributed by atoms with E-state index >= 15 is 4.39 Å². The van der Waals surface area contributed by atoms with Crippen LogP contribution < -0.4 is 16.4 Å². The molecule has 6 rings (SSSR count). The maximum atomic E-state index is 15.3. The van der Waals surface area contributed by atoms with E-state index in [-0.39, 0.29) is 11.7 Å². The van der Waals surface area contributed by atoms with Crippen LogP contribution in [0.4, 0.5) is 26.4 Å². The number of nitrogens with zero attached hydrogens (tertiary/aromatic N) is 6. The number of anilines is 3. The fourth-order valence-corrected chi connectivity index (χ4v) is 6.08. The molecule has 2 aromatic heterocycles. The molecule has 10 nitrogen and oxygen atoms in total. The predicted octanol–water partition coefficient (Wildman–Crippen LogP) is 4.90. The normalized spacial score (nSPS) is 20.3. The van der Waals surface area contributed by atoms with E-state index in [0.29, 0.717) is 39.8 Å². The number of amides is 2.